The average Bonchev–Trinajstić information content (AvgIpc) is 3.09. The Morgan fingerprint density at radius 3 is 2.90 bits per heavy atom. The monoisotopic (exact) mass is 293 g/mol. The van der Waals surface area contributed by atoms with E-state index in [1.807, 2.05) is 19.2 Å². The third-order valence-electron chi connectivity index (χ3n) is 3.59. The van der Waals surface area contributed by atoms with Gasteiger partial charge in [-0.25, -0.2) is 4.79 Å². The summed E-state index contributed by atoms with van der Waals surface area (Å²) in [5, 5.41) is 13.8. The van der Waals surface area contributed by atoms with E-state index in [4.69, 9.17) is 5.11 Å². The van der Waals surface area contributed by atoms with Crippen LogP contribution in [-0.4, -0.2) is 23.0 Å². The molecular formula is C15H19NO3S. The van der Waals surface area contributed by atoms with E-state index in [1.54, 1.807) is 23.5 Å². The molecule has 3 unspecified atom stereocenters. The number of amides is 1. The van der Waals surface area contributed by atoms with Crippen LogP contribution in [-0.2, 0) is 9.59 Å². The number of carbonyl (C=O) groups excluding carboxylic acids is 1. The Hall–Kier alpha value is -1.62. The van der Waals surface area contributed by atoms with Crippen LogP contribution in [0, 0.1) is 12.8 Å². The zero-order chi connectivity index (χ0) is 14.7. The molecule has 5 heteroatoms. The van der Waals surface area contributed by atoms with Gasteiger partial charge in [0.05, 0.1) is 0 Å². The number of carboxylic acid groups (broad SMARTS) is 1. The van der Waals surface area contributed by atoms with Crippen molar-refractivity contribution in [2.75, 3.05) is 0 Å². The summed E-state index contributed by atoms with van der Waals surface area (Å²) in [5.41, 5.74) is 1.22. The number of carbonyl (C=O) groups is 2. The number of rotatable bonds is 6. The Morgan fingerprint density at radius 1 is 1.60 bits per heavy atom. The molecule has 2 N–H and O–H groups in total. The molecule has 2 rings (SSSR count). The fraction of sp³-hybridized carbons (Fsp3) is 0.467. The Labute approximate surface area is 122 Å². The van der Waals surface area contributed by atoms with Crippen molar-refractivity contribution in [3.8, 4) is 0 Å². The quantitative estimate of drug-likeness (QED) is 0.792. The van der Waals surface area contributed by atoms with Gasteiger partial charge in [-0.15, -0.1) is 11.3 Å². The van der Waals surface area contributed by atoms with Crippen LogP contribution < -0.4 is 5.32 Å². The molecule has 3 atom stereocenters. The van der Waals surface area contributed by atoms with Crippen LogP contribution in [0.3, 0.4) is 0 Å². The van der Waals surface area contributed by atoms with Gasteiger partial charge in [-0.3, -0.25) is 4.79 Å². The van der Waals surface area contributed by atoms with E-state index < -0.39 is 12.0 Å². The molecule has 0 aliphatic heterocycles. The van der Waals surface area contributed by atoms with Gasteiger partial charge >= 0.3 is 5.97 Å². The highest BCUT2D eigenvalue weighted by atomic mass is 32.1. The zero-order valence-corrected chi connectivity index (χ0v) is 12.4. The highest BCUT2D eigenvalue weighted by molar-refractivity contribution is 7.10. The van der Waals surface area contributed by atoms with Crippen molar-refractivity contribution >= 4 is 23.2 Å². The van der Waals surface area contributed by atoms with Crippen molar-refractivity contribution in [1.29, 1.82) is 0 Å². The van der Waals surface area contributed by atoms with Crippen molar-refractivity contribution < 1.29 is 14.7 Å². The second-order valence-electron chi connectivity index (χ2n) is 5.12. The molecule has 108 valence electrons. The van der Waals surface area contributed by atoms with Gasteiger partial charge in [-0.05, 0) is 43.7 Å². The molecule has 4 nitrogen and oxygen atoms in total. The number of carboxylic acids is 1. The van der Waals surface area contributed by atoms with E-state index >= 15 is 0 Å². The smallest absolute Gasteiger partial charge is 0.326 e. The van der Waals surface area contributed by atoms with Crippen LogP contribution in [0.2, 0.25) is 0 Å². The predicted octanol–water partition coefficient (Wildman–Crippen LogP) is 2.70. The molecule has 1 fully saturated rings. The van der Waals surface area contributed by atoms with E-state index in [2.05, 4.69) is 11.4 Å². The first-order chi connectivity index (χ1) is 9.54. The summed E-state index contributed by atoms with van der Waals surface area (Å²) in [7, 11) is 0. The molecule has 0 bridgehead atoms. The standard InChI is InChI=1S/C15H19NO3S/c1-3-4-5-12(15(18)19)16-14(17)11-8-10(11)13-9(2)6-7-20-13/h3-4,6-7,10-12H,5,8H2,1-2H3,(H,16,17)(H,18,19)/b4-3+. The average molecular weight is 293 g/mol. The molecule has 1 aliphatic rings. The lowest BCUT2D eigenvalue weighted by Crippen LogP contribution is -2.41. The predicted molar refractivity (Wildman–Crippen MR) is 78.9 cm³/mol. The molecule has 1 amide bonds. The Bertz CT molecular complexity index is 535. The summed E-state index contributed by atoms with van der Waals surface area (Å²) >= 11 is 1.67. The fourth-order valence-electron chi connectivity index (χ4n) is 2.31. The Balaban J connectivity index is 1.93. The number of allylic oxidation sites excluding steroid dienone is 1. The van der Waals surface area contributed by atoms with Crippen molar-refractivity contribution in [2.24, 2.45) is 5.92 Å². The van der Waals surface area contributed by atoms with Gasteiger partial charge in [-0.1, -0.05) is 12.2 Å². The normalized spacial score (nSPS) is 22.7. The zero-order valence-electron chi connectivity index (χ0n) is 11.6. The number of hydrogen-bond acceptors (Lipinski definition) is 3. The summed E-state index contributed by atoms with van der Waals surface area (Å²) in [6.45, 7) is 3.88. The van der Waals surface area contributed by atoms with E-state index in [-0.39, 0.29) is 17.7 Å². The minimum atomic E-state index is -0.985. The molecule has 0 radical (unpaired) electrons. The lowest BCUT2D eigenvalue weighted by atomic mass is 10.1. The van der Waals surface area contributed by atoms with Crippen molar-refractivity contribution in [3.05, 3.63) is 34.0 Å². The maximum Gasteiger partial charge on any atom is 0.326 e. The Morgan fingerprint density at radius 2 is 2.35 bits per heavy atom. The lowest BCUT2D eigenvalue weighted by Gasteiger charge is -2.12. The first kappa shape index (κ1) is 14.8. The number of aliphatic carboxylic acids is 1. The Kier molecular flexibility index (Phi) is 4.60. The second-order valence-corrected chi connectivity index (χ2v) is 6.07. The first-order valence-electron chi connectivity index (χ1n) is 6.73. The van der Waals surface area contributed by atoms with Gasteiger partial charge in [0.15, 0.2) is 0 Å². The minimum Gasteiger partial charge on any atom is -0.480 e. The number of thiophene rings is 1. The van der Waals surface area contributed by atoms with Crippen LogP contribution in [0.15, 0.2) is 23.6 Å². The summed E-state index contributed by atoms with van der Waals surface area (Å²) in [6.07, 6.45) is 4.69. The van der Waals surface area contributed by atoms with Crippen LogP contribution in [0.4, 0.5) is 0 Å². The maximum atomic E-state index is 12.1. The maximum absolute atomic E-state index is 12.1. The topological polar surface area (TPSA) is 66.4 Å². The summed E-state index contributed by atoms with van der Waals surface area (Å²) < 4.78 is 0. The van der Waals surface area contributed by atoms with Crippen molar-refractivity contribution in [2.45, 2.75) is 38.6 Å². The van der Waals surface area contributed by atoms with Crippen LogP contribution in [0.25, 0.3) is 0 Å². The SMILES string of the molecule is C/C=C/CC(NC(=O)C1CC1c1sccc1C)C(=O)O. The highest BCUT2D eigenvalue weighted by Gasteiger charge is 2.45. The third-order valence-corrected chi connectivity index (χ3v) is 4.74. The van der Waals surface area contributed by atoms with Crippen LogP contribution in [0.5, 0.6) is 0 Å². The van der Waals surface area contributed by atoms with E-state index in [1.165, 1.54) is 10.4 Å². The summed E-state index contributed by atoms with van der Waals surface area (Å²) in [5.74, 6) is -0.924. The molecular weight excluding hydrogens is 274 g/mol. The molecule has 20 heavy (non-hydrogen) atoms. The van der Waals surface area contributed by atoms with Gasteiger partial charge in [0.25, 0.3) is 0 Å². The minimum absolute atomic E-state index is 0.0696. The van der Waals surface area contributed by atoms with Gasteiger partial charge in [-0.2, -0.15) is 0 Å². The molecule has 1 heterocycles. The number of nitrogens with one attached hydrogen (secondary N) is 1. The second kappa shape index (κ2) is 6.22. The fourth-order valence-corrected chi connectivity index (χ4v) is 3.42. The third kappa shape index (κ3) is 3.28. The van der Waals surface area contributed by atoms with Crippen molar-refractivity contribution in [1.82, 2.24) is 5.32 Å². The van der Waals surface area contributed by atoms with E-state index in [0.717, 1.165) is 6.42 Å². The van der Waals surface area contributed by atoms with E-state index in [9.17, 15) is 9.59 Å². The first-order valence-corrected chi connectivity index (χ1v) is 7.61. The number of hydrogen-bond donors (Lipinski definition) is 2. The largest absolute Gasteiger partial charge is 0.480 e. The summed E-state index contributed by atoms with van der Waals surface area (Å²) in [4.78, 5) is 24.5. The van der Waals surface area contributed by atoms with Gasteiger partial charge in [0, 0.05) is 16.7 Å². The summed E-state index contributed by atoms with van der Waals surface area (Å²) in [6, 6.07) is 1.23. The van der Waals surface area contributed by atoms with Gasteiger partial charge < -0.3 is 10.4 Å². The van der Waals surface area contributed by atoms with E-state index in [0.29, 0.717) is 6.42 Å². The van der Waals surface area contributed by atoms with Crippen LogP contribution in [0.1, 0.15) is 36.1 Å². The molecule has 1 aromatic heterocycles. The van der Waals surface area contributed by atoms with Gasteiger partial charge in [0.2, 0.25) is 5.91 Å². The molecule has 1 saturated carbocycles. The molecule has 1 aromatic rings. The highest BCUT2D eigenvalue weighted by Crippen LogP contribution is 2.50. The van der Waals surface area contributed by atoms with Gasteiger partial charge in [0.1, 0.15) is 6.04 Å². The molecule has 0 aromatic carbocycles. The van der Waals surface area contributed by atoms with Crippen LogP contribution >= 0.6 is 11.3 Å². The molecule has 0 spiro atoms. The lowest BCUT2D eigenvalue weighted by molar-refractivity contribution is -0.141. The molecule has 0 saturated heterocycles. The van der Waals surface area contributed by atoms with Crippen molar-refractivity contribution in [3.63, 3.8) is 0 Å². The number of aryl methyl sites for hydroxylation is 1. The molecule has 1 aliphatic carbocycles.